The lowest BCUT2D eigenvalue weighted by Crippen LogP contribution is -2.35. The molecule has 29 heavy (non-hydrogen) atoms. The number of nitrogens with zero attached hydrogens (tertiary/aromatic N) is 3. The van der Waals surface area contributed by atoms with Crippen LogP contribution in [-0.4, -0.2) is 39.4 Å². The van der Waals surface area contributed by atoms with Gasteiger partial charge in [0.2, 0.25) is 0 Å². The third kappa shape index (κ3) is 4.47. The van der Waals surface area contributed by atoms with Crippen molar-refractivity contribution in [2.75, 3.05) is 13.2 Å². The zero-order valence-corrected chi connectivity index (χ0v) is 16.7. The van der Waals surface area contributed by atoms with Gasteiger partial charge < -0.3 is 14.2 Å². The maximum atomic E-state index is 13.4. The van der Waals surface area contributed by atoms with E-state index in [1.54, 1.807) is 11.8 Å². The topological polar surface area (TPSA) is 94.7 Å². The molecule has 8 nitrogen and oxygen atoms in total. The largest absolute Gasteiger partial charge is 0.462 e. The fourth-order valence-electron chi connectivity index (χ4n) is 3.82. The van der Waals surface area contributed by atoms with Gasteiger partial charge in [-0.05, 0) is 38.0 Å². The Balaban J connectivity index is 2.01. The SMILES string of the molecule is CCOC(=O)c1cc(C(=O)N2CCCCCC2c2cccn2C)cc([N+](=O)[O-])c1. The molecule has 1 fully saturated rings. The van der Waals surface area contributed by atoms with Gasteiger partial charge in [0.15, 0.2) is 0 Å². The van der Waals surface area contributed by atoms with Crippen molar-refractivity contribution in [3.8, 4) is 0 Å². The summed E-state index contributed by atoms with van der Waals surface area (Å²) in [6.45, 7) is 2.36. The Bertz CT molecular complexity index is 921. The van der Waals surface area contributed by atoms with E-state index in [9.17, 15) is 19.7 Å². The number of ether oxygens (including phenoxy) is 1. The number of benzene rings is 1. The molecule has 2 heterocycles. The van der Waals surface area contributed by atoms with Crippen molar-refractivity contribution < 1.29 is 19.2 Å². The molecule has 3 rings (SSSR count). The molecule has 1 atom stereocenters. The van der Waals surface area contributed by atoms with Crippen LogP contribution in [-0.2, 0) is 11.8 Å². The minimum Gasteiger partial charge on any atom is -0.462 e. The van der Waals surface area contributed by atoms with Crippen molar-refractivity contribution in [3.63, 3.8) is 0 Å². The molecule has 0 radical (unpaired) electrons. The summed E-state index contributed by atoms with van der Waals surface area (Å²) in [5.41, 5.74) is 0.860. The van der Waals surface area contributed by atoms with Gasteiger partial charge in [-0.1, -0.05) is 12.8 Å². The van der Waals surface area contributed by atoms with Crippen LogP contribution in [0.3, 0.4) is 0 Å². The highest BCUT2D eigenvalue weighted by Gasteiger charge is 2.30. The summed E-state index contributed by atoms with van der Waals surface area (Å²) >= 11 is 0. The maximum Gasteiger partial charge on any atom is 0.338 e. The molecule has 1 unspecified atom stereocenters. The van der Waals surface area contributed by atoms with Crippen molar-refractivity contribution in [3.05, 3.63) is 63.5 Å². The number of amides is 1. The normalized spacial score (nSPS) is 16.9. The van der Waals surface area contributed by atoms with Crippen molar-refractivity contribution >= 4 is 17.6 Å². The van der Waals surface area contributed by atoms with Crippen LogP contribution >= 0.6 is 0 Å². The number of rotatable bonds is 5. The third-order valence-corrected chi connectivity index (χ3v) is 5.23. The summed E-state index contributed by atoms with van der Waals surface area (Å²) in [4.78, 5) is 38.1. The fraction of sp³-hybridized carbons (Fsp3) is 0.429. The average molecular weight is 399 g/mol. The Morgan fingerprint density at radius 2 is 1.97 bits per heavy atom. The maximum absolute atomic E-state index is 13.4. The van der Waals surface area contributed by atoms with Gasteiger partial charge in [-0.2, -0.15) is 0 Å². The number of hydrogen-bond donors (Lipinski definition) is 0. The first-order valence-electron chi connectivity index (χ1n) is 9.81. The van der Waals surface area contributed by atoms with Crippen LogP contribution < -0.4 is 0 Å². The number of likely N-dealkylation sites (tertiary alicyclic amines) is 1. The van der Waals surface area contributed by atoms with Gasteiger partial charge in [0, 0.05) is 43.2 Å². The van der Waals surface area contributed by atoms with E-state index in [4.69, 9.17) is 4.74 Å². The van der Waals surface area contributed by atoms with Crippen LogP contribution in [0, 0.1) is 10.1 Å². The number of non-ortho nitro benzene ring substituents is 1. The number of carbonyl (C=O) groups is 2. The van der Waals surface area contributed by atoms with E-state index in [0.717, 1.165) is 37.4 Å². The monoisotopic (exact) mass is 399 g/mol. The summed E-state index contributed by atoms with van der Waals surface area (Å²) in [5.74, 6) is -0.993. The number of nitro groups is 1. The number of carbonyl (C=O) groups excluding carboxylic acids is 2. The number of hydrogen-bond acceptors (Lipinski definition) is 5. The first kappa shape index (κ1) is 20.6. The lowest BCUT2D eigenvalue weighted by molar-refractivity contribution is -0.384. The predicted octanol–water partition coefficient (Wildman–Crippen LogP) is 3.87. The molecule has 1 aromatic carbocycles. The van der Waals surface area contributed by atoms with E-state index in [1.807, 2.05) is 29.9 Å². The Labute approximate surface area is 169 Å². The summed E-state index contributed by atoms with van der Waals surface area (Å²) in [5, 5.41) is 11.4. The van der Waals surface area contributed by atoms with Gasteiger partial charge in [0.05, 0.1) is 23.1 Å². The molecule has 154 valence electrons. The van der Waals surface area contributed by atoms with Gasteiger partial charge in [0.1, 0.15) is 0 Å². The number of nitro benzene ring substituents is 1. The van der Waals surface area contributed by atoms with E-state index >= 15 is 0 Å². The molecule has 1 aliphatic heterocycles. The zero-order chi connectivity index (χ0) is 21.0. The predicted molar refractivity (Wildman–Crippen MR) is 107 cm³/mol. The molecular weight excluding hydrogens is 374 g/mol. The molecule has 1 aliphatic rings. The van der Waals surface area contributed by atoms with E-state index in [1.165, 1.54) is 12.1 Å². The smallest absolute Gasteiger partial charge is 0.338 e. The zero-order valence-electron chi connectivity index (χ0n) is 16.7. The molecule has 2 aromatic rings. The van der Waals surface area contributed by atoms with Crippen molar-refractivity contribution in [1.29, 1.82) is 0 Å². The van der Waals surface area contributed by atoms with Crippen molar-refractivity contribution in [1.82, 2.24) is 9.47 Å². The Kier molecular flexibility index (Phi) is 6.31. The first-order chi connectivity index (χ1) is 13.9. The summed E-state index contributed by atoms with van der Waals surface area (Å²) < 4.78 is 6.96. The lowest BCUT2D eigenvalue weighted by atomic mass is 10.0. The molecule has 0 N–H and O–H groups in total. The number of aryl methyl sites for hydroxylation is 1. The molecule has 0 saturated carbocycles. The molecular formula is C21H25N3O5. The highest BCUT2D eigenvalue weighted by molar-refractivity contribution is 5.99. The number of aromatic nitrogens is 1. The molecule has 1 amide bonds. The van der Waals surface area contributed by atoms with Crippen LogP contribution in [0.15, 0.2) is 36.5 Å². The van der Waals surface area contributed by atoms with E-state index < -0.39 is 10.9 Å². The molecule has 0 bridgehead atoms. The standard InChI is InChI=1S/C21H25N3O5/c1-3-29-21(26)16-12-15(13-17(14-16)24(27)28)20(25)23-11-6-4-5-8-19(23)18-9-7-10-22(18)2/h7,9-10,12-14,19H,3-6,8,11H2,1-2H3. The van der Waals surface area contributed by atoms with Crippen LogP contribution in [0.2, 0.25) is 0 Å². The number of esters is 1. The van der Waals surface area contributed by atoms with Crippen molar-refractivity contribution in [2.24, 2.45) is 7.05 Å². The molecule has 0 spiro atoms. The highest BCUT2D eigenvalue weighted by atomic mass is 16.6. The summed E-state index contributed by atoms with van der Waals surface area (Å²) in [7, 11) is 1.94. The molecule has 1 aromatic heterocycles. The van der Waals surface area contributed by atoms with Crippen LogP contribution in [0.4, 0.5) is 5.69 Å². The Hall–Kier alpha value is -3.16. The second-order valence-electron chi connectivity index (χ2n) is 7.15. The Morgan fingerprint density at radius 3 is 2.62 bits per heavy atom. The second kappa shape index (κ2) is 8.89. The van der Waals surface area contributed by atoms with Gasteiger partial charge in [-0.25, -0.2) is 4.79 Å². The fourth-order valence-corrected chi connectivity index (χ4v) is 3.82. The Morgan fingerprint density at radius 1 is 1.21 bits per heavy atom. The highest BCUT2D eigenvalue weighted by Crippen LogP contribution is 2.32. The van der Waals surface area contributed by atoms with E-state index in [0.29, 0.717) is 6.54 Å². The summed E-state index contributed by atoms with van der Waals surface area (Å²) in [6, 6.07) is 7.59. The molecule has 1 saturated heterocycles. The third-order valence-electron chi connectivity index (χ3n) is 5.23. The van der Waals surface area contributed by atoms with E-state index in [-0.39, 0.29) is 35.4 Å². The summed E-state index contributed by atoms with van der Waals surface area (Å²) in [6.07, 6.45) is 5.65. The van der Waals surface area contributed by atoms with Gasteiger partial charge >= 0.3 is 5.97 Å². The minimum atomic E-state index is -0.680. The van der Waals surface area contributed by atoms with Crippen LogP contribution in [0.25, 0.3) is 0 Å². The van der Waals surface area contributed by atoms with Gasteiger partial charge in [0.25, 0.3) is 11.6 Å². The average Bonchev–Trinajstić information content (AvgIpc) is 2.98. The van der Waals surface area contributed by atoms with Crippen LogP contribution in [0.5, 0.6) is 0 Å². The van der Waals surface area contributed by atoms with Crippen LogP contribution in [0.1, 0.15) is 65.1 Å². The van der Waals surface area contributed by atoms with Gasteiger partial charge in [-0.15, -0.1) is 0 Å². The van der Waals surface area contributed by atoms with Crippen molar-refractivity contribution in [2.45, 2.75) is 38.6 Å². The molecule has 0 aliphatic carbocycles. The first-order valence-corrected chi connectivity index (χ1v) is 9.81. The quantitative estimate of drug-likeness (QED) is 0.432. The second-order valence-corrected chi connectivity index (χ2v) is 7.15. The van der Waals surface area contributed by atoms with E-state index in [2.05, 4.69) is 0 Å². The molecule has 8 heteroatoms. The lowest BCUT2D eigenvalue weighted by Gasteiger charge is -2.30. The minimum absolute atomic E-state index is 0.00892. The van der Waals surface area contributed by atoms with Gasteiger partial charge in [-0.3, -0.25) is 14.9 Å².